The van der Waals surface area contributed by atoms with Gasteiger partial charge in [0, 0.05) is 45.7 Å². The number of nitrogens with one attached hydrogen (secondary N) is 2. The van der Waals surface area contributed by atoms with Crippen molar-refractivity contribution in [3.63, 3.8) is 0 Å². The number of aromatic amines is 1. The zero-order chi connectivity index (χ0) is 21.7. The van der Waals surface area contributed by atoms with Crippen molar-refractivity contribution in [3.8, 4) is 0 Å². The minimum absolute atomic E-state index is 0.0921. The Hall–Kier alpha value is -2.54. The lowest BCUT2D eigenvalue weighted by molar-refractivity contribution is -0.150. The Morgan fingerprint density at radius 2 is 2.07 bits per heavy atom. The van der Waals surface area contributed by atoms with Crippen molar-refractivity contribution >= 4 is 11.9 Å². The fourth-order valence-corrected chi connectivity index (χ4v) is 3.48. The van der Waals surface area contributed by atoms with E-state index in [1.54, 1.807) is 0 Å². The predicted molar refractivity (Wildman–Crippen MR) is 102 cm³/mol. The molecule has 2 aliphatic rings. The van der Waals surface area contributed by atoms with E-state index in [9.17, 15) is 24.3 Å². The van der Waals surface area contributed by atoms with E-state index in [1.807, 2.05) is 0 Å². The van der Waals surface area contributed by atoms with Crippen LogP contribution in [0, 0.1) is 0 Å². The van der Waals surface area contributed by atoms with E-state index in [1.165, 1.54) is 6.92 Å². The third-order valence-electron chi connectivity index (χ3n) is 5.02. The number of aliphatic hydroxyl groups is 1. The maximum Gasteiger partial charge on any atom is 0.330 e. The maximum atomic E-state index is 12.5. The lowest BCUT2D eigenvalue weighted by Gasteiger charge is -2.26. The number of aromatic nitrogens is 2. The molecule has 2 saturated heterocycles. The Morgan fingerprint density at radius 1 is 1.33 bits per heavy atom. The Balaban J connectivity index is 1.69. The average Bonchev–Trinajstić information content (AvgIpc) is 3.10. The molecule has 3 atom stereocenters. The molecule has 3 N–H and O–H groups in total. The van der Waals surface area contributed by atoms with Crippen LogP contribution in [0.5, 0.6) is 0 Å². The molecule has 1 unspecified atom stereocenters. The quantitative estimate of drug-likeness (QED) is 0.413. The number of ether oxygens (including phenoxy) is 3. The highest BCUT2D eigenvalue weighted by molar-refractivity contribution is 5.93. The molecule has 12 nitrogen and oxygen atoms in total. The molecule has 2 fully saturated rings. The average molecular weight is 426 g/mol. The second-order valence-corrected chi connectivity index (χ2v) is 7.11. The number of carbonyl (C=O) groups excluding carboxylic acids is 2. The van der Waals surface area contributed by atoms with Crippen molar-refractivity contribution in [1.29, 1.82) is 0 Å². The van der Waals surface area contributed by atoms with Gasteiger partial charge < -0.3 is 24.6 Å². The summed E-state index contributed by atoms with van der Waals surface area (Å²) in [5.74, 6) is -1.16. The summed E-state index contributed by atoms with van der Waals surface area (Å²) in [5, 5.41) is 12.1. The van der Waals surface area contributed by atoms with Crippen molar-refractivity contribution in [2.24, 2.45) is 0 Å². The van der Waals surface area contributed by atoms with Crippen molar-refractivity contribution < 1.29 is 28.9 Å². The molecule has 0 aromatic carbocycles. The Bertz CT molecular complexity index is 876. The molecule has 1 aromatic rings. The monoisotopic (exact) mass is 426 g/mol. The molecular weight excluding hydrogens is 400 g/mol. The van der Waals surface area contributed by atoms with E-state index in [4.69, 9.17) is 14.2 Å². The van der Waals surface area contributed by atoms with Gasteiger partial charge in [0.1, 0.15) is 24.0 Å². The number of H-pyrrole nitrogens is 1. The van der Waals surface area contributed by atoms with Crippen LogP contribution in [0.15, 0.2) is 15.8 Å². The molecule has 3 heterocycles. The molecule has 0 bridgehead atoms. The number of nitrogens with zero attached hydrogens (tertiary/aromatic N) is 2. The number of aliphatic hydroxyl groups excluding tert-OH is 1. The molecule has 2 aliphatic heterocycles. The first-order valence-electron chi connectivity index (χ1n) is 9.76. The van der Waals surface area contributed by atoms with Gasteiger partial charge in [-0.25, -0.2) is 4.79 Å². The number of esters is 1. The first kappa shape index (κ1) is 22.2. The molecular formula is C18H26N4O8. The van der Waals surface area contributed by atoms with Gasteiger partial charge in [-0.2, -0.15) is 0 Å². The van der Waals surface area contributed by atoms with E-state index >= 15 is 0 Å². The summed E-state index contributed by atoms with van der Waals surface area (Å²) in [6.45, 7) is 4.59. The molecule has 166 valence electrons. The summed E-state index contributed by atoms with van der Waals surface area (Å²) in [7, 11) is 0. The van der Waals surface area contributed by atoms with Crippen LogP contribution in [0.2, 0.25) is 0 Å². The zero-order valence-corrected chi connectivity index (χ0v) is 16.7. The number of rotatable bonds is 7. The van der Waals surface area contributed by atoms with Crippen LogP contribution in [-0.4, -0.2) is 89.6 Å². The zero-order valence-electron chi connectivity index (χ0n) is 16.7. The predicted octanol–water partition coefficient (Wildman–Crippen LogP) is -2.19. The number of carbonyl (C=O) groups is 2. The molecule has 12 heteroatoms. The third kappa shape index (κ3) is 5.33. The smallest absolute Gasteiger partial charge is 0.330 e. The van der Waals surface area contributed by atoms with Gasteiger partial charge >= 0.3 is 11.7 Å². The lowest BCUT2D eigenvalue weighted by Crippen LogP contribution is -2.43. The highest BCUT2D eigenvalue weighted by atomic mass is 16.6. The Kier molecular flexibility index (Phi) is 7.37. The highest BCUT2D eigenvalue weighted by Gasteiger charge is 2.38. The molecule has 0 radical (unpaired) electrons. The molecule has 1 aromatic heterocycles. The minimum atomic E-state index is -0.907. The summed E-state index contributed by atoms with van der Waals surface area (Å²) in [6.07, 6.45) is -1.25. The van der Waals surface area contributed by atoms with Gasteiger partial charge in [0.05, 0.1) is 19.8 Å². The molecule has 30 heavy (non-hydrogen) atoms. The summed E-state index contributed by atoms with van der Waals surface area (Å²) >= 11 is 0. The minimum Gasteiger partial charge on any atom is -0.460 e. The molecule has 0 saturated carbocycles. The van der Waals surface area contributed by atoms with Crippen molar-refractivity contribution in [3.05, 3.63) is 32.6 Å². The summed E-state index contributed by atoms with van der Waals surface area (Å²) < 4.78 is 17.0. The Morgan fingerprint density at radius 3 is 2.73 bits per heavy atom. The topological polar surface area (TPSA) is 152 Å². The van der Waals surface area contributed by atoms with Crippen LogP contribution in [0.25, 0.3) is 0 Å². The molecule has 1 amide bonds. The van der Waals surface area contributed by atoms with Crippen LogP contribution in [0.1, 0.15) is 29.9 Å². The summed E-state index contributed by atoms with van der Waals surface area (Å²) in [6, 6.07) is 0. The van der Waals surface area contributed by atoms with Gasteiger partial charge in [0.15, 0.2) is 0 Å². The van der Waals surface area contributed by atoms with E-state index in [2.05, 4.69) is 15.2 Å². The van der Waals surface area contributed by atoms with Crippen molar-refractivity contribution in [2.45, 2.75) is 31.8 Å². The second-order valence-electron chi connectivity index (χ2n) is 7.11. The van der Waals surface area contributed by atoms with E-state index in [0.717, 1.165) is 23.9 Å². The third-order valence-corrected chi connectivity index (χ3v) is 5.02. The van der Waals surface area contributed by atoms with Gasteiger partial charge in [-0.15, -0.1) is 0 Å². The van der Waals surface area contributed by atoms with Gasteiger partial charge in [0.25, 0.3) is 11.5 Å². The number of morpholine rings is 1. The highest BCUT2D eigenvalue weighted by Crippen LogP contribution is 2.29. The number of amides is 1. The summed E-state index contributed by atoms with van der Waals surface area (Å²) in [5.41, 5.74) is -1.82. The standard InChI is InChI=1S/C18H26N4O8/c1-11(24)29-13-8-15(30-14(13)10-23)22-9-12(17(26)20-18(22)27)16(25)19-2-3-21-4-6-28-7-5-21/h9,13-15,23H,2-8,10H2,1H3,(H,19,25)(H,20,26,27)/t13?,14-,15-/m1/s1. The SMILES string of the molecule is CC(=O)OC1C[C@H](n2cc(C(=O)NCCN3CCOCC3)c(=O)[nH]c2=O)O[C@@H]1CO. The number of hydrogen-bond acceptors (Lipinski definition) is 9. The lowest BCUT2D eigenvalue weighted by atomic mass is 10.2. The first-order chi connectivity index (χ1) is 14.4. The van der Waals surface area contributed by atoms with Gasteiger partial charge in [-0.05, 0) is 0 Å². The van der Waals surface area contributed by atoms with Crippen molar-refractivity contribution in [2.75, 3.05) is 46.0 Å². The van der Waals surface area contributed by atoms with Crippen LogP contribution < -0.4 is 16.6 Å². The van der Waals surface area contributed by atoms with Crippen LogP contribution in [0.3, 0.4) is 0 Å². The summed E-state index contributed by atoms with van der Waals surface area (Å²) in [4.78, 5) is 52.3. The fourth-order valence-electron chi connectivity index (χ4n) is 3.48. The normalized spacial score (nSPS) is 24.5. The van der Waals surface area contributed by atoms with Crippen LogP contribution >= 0.6 is 0 Å². The maximum absolute atomic E-state index is 12.5. The van der Waals surface area contributed by atoms with E-state index in [-0.39, 0.29) is 12.0 Å². The van der Waals surface area contributed by atoms with Gasteiger partial charge in [-0.3, -0.25) is 28.8 Å². The molecule has 3 rings (SSSR count). The molecule has 0 aliphatic carbocycles. The largest absolute Gasteiger partial charge is 0.460 e. The van der Waals surface area contributed by atoms with Crippen LogP contribution in [0.4, 0.5) is 0 Å². The van der Waals surface area contributed by atoms with E-state index in [0.29, 0.717) is 26.3 Å². The second kappa shape index (κ2) is 9.98. The van der Waals surface area contributed by atoms with Gasteiger partial charge in [-0.1, -0.05) is 0 Å². The van der Waals surface area contributed by atoms with Crippen molar-refractivity contribution in [1.82, 2.24) is 19.8 Å². The van der Waals surface area contributed by atoms with E-state index < -0.39 is 48.2 Å². The number of hydrogen-bond donors (Lipinski definition) is 3. The molecule has 0 spiro atoms. The first-order valence-corrected chi connectivity index (χ1v) is 9.76. The fraction of sp³-hybridized carbons (Fsp3) is 0.667. The Labute approximate surface area is 171 Å². The van der Waals surface area contributed by atoms with Gasteiger partial charge in [0.2, 0.25) is 0 Å². The van der Waals surface area contributed by atoms with Crippen LogP contribution in [-0.2, 0) is 19.0 Å².